The summed E-state index contributed by atoms with van der Waals surface area (Å²) in [5.41, 5.74) is 2.90. The number of likely N-dealkylation sites (tertiary alicyclic amines) is 1. The van der Waals surface area contributed by atoms with Crippen molar-refractivity contribution < 1.29 is 9.18 Å². The van der Waals surface area contributed by atoms with E-state index in [-0.39, 0.29) is 17.6 Å². The van der Waals surface area contributed by atoms with Gasteiger partial charge in [0.05, 0.1) is 5.69 Å². The number of anilines is 3. The van der Waals surface area contributed by atoms with Crippen LogP contribution in [0.25, 0.3) is 10.9 Å². The van der Waals surface area contributed by atoms with Crippen LogP contribution >= 0.6 is 0 Å². The summed E-state index contributed by atoms with van der Waals surface area (Å²) in [4.78, 5) is 35.7. The van der Waals surface area contributed by atoms with Crippen molar-refractivity contribution in [1.82, 2.24) is 29.8 Å². The van der Waals surface area contributed by atoms with Gasteiger partial charge in [0.15, 0.2) is 0 Å². The van der Waals surface area contributed by atoms with Crippen molar-refractivity contribution in [2.24, 2.45) is 0 Å². The summed E-state index contributed by atoms with van der Waals surface area (Å²) in [7, 11) is 1.79. The van der Waals surface area contributed by atoms with E-state index in [1.807, 2.05) is 17.9 Å². The molecule has 10 heteroatoms. The number of nitrogens with one attached hydrogen (secondary N) is 3. The van der Waals surface area contributed by atoms with Crippen LogP contribution < -0.4 is 10.6 Å². The summed E-state index contributed by atoms with van der Waals surface area (Å²) in [6.07, 6.45) is 4.97. The molecule has 0 unspecified atom stereocenters. The maximum Gasteiger partial charge on any atom is 0.270 e. The molecule has 0 spiro atoms. The largest absolute Gasteiger partial charge is 0.373 e. The van der Waals surface area contributed by atoms with Crippen LogP contribution in [0.5, 0.6) is 0 Å². The fourth-order valence-electron chi connectivity index (χ4n) is 4.41. The van der Waals surface area contributed by atoms with Gasteiger partial charge in [-0.3, -0.25) is 4.79 Å². The van der Waals surface area contributed by atoms with Gasteiger partial charge < -0.3 is 20.5 Å². The number of H-pyrrole nitrogens is 1. The molecule has 34 heavy (non-hydrogen) atoms. The Morgan fingerprint density at radius 3 is 2.88 bits per heavy atom. The summed E-state index contributed by atoms with van der Waals surface area (Å²) in [5.74, 6) is 1.40. The average Bonchev–Trinajstić information content (AvgIpc) is 3.19. The third-order valence-electron chi connectivity index (χ3n) is 6.20. The van der Waals surface area contributed by atoms with Crippen LogP contribution in [0.15, 0.2) is 42.9 Å². The summed E-state index contributed by atoms with van der Waals surface area (Å²) >= 11 is 0. The van der Waals surface area contributed by atoms with Gasteiger partial charge in [0.1, 0.15) is 29.5 Å². The van der Waals surface area contributed by atoms with Gasteiger partial charge in [-0.2, -0.15) is 0 Å². The lowest BCUT2D eigenvalue weighted by Gasteiger charge is -2.32. The van der Waals surface area contributed by atoms with E-state index in [1.165, 1.54) is 18.5 Å². The summed E-state index contributed by atoms with van der Waals surface area (Å²) in [6.45, 7) is 3.07. The number of aromatic amines is 1. The van der Waals surface area contributed by atoms with Crippen LogP contribution in [0.2, 0.25) is 0 Å². The van der Waals surface area contributed by atoms with Crippen molar-refractivity contribution in [3.05, 3.63) is 65.6 Å². The predicted octanol–water partition coefficient (Wildman–Crippen LogP) is 4.00. The first-order valence-electron chi connectivity index (χ1n) is 11.2. The second kappa shape index (κ2) is 9.05. The first-order valence-corrected chi connectivity index (χ1v) is 11.2. The molecule has 0 aliphatic carbocycles. The highest BCUT2D eigenvalue weighted by Gasteiger charge is 2.28. The maximum absolute atomic E-state index is 13.7. The van der Waals surface area contributed by atoms with E-state index in [0.29, 0.717) is 36.4 Å². The van der Waals surface area contributed by atoms with E-state index in [4.69, 9.17) is 0 Å². The molecule has 1 amide bonds. The Labute approximate surface area is 195 Å². The molecular weight excluding hydrogens is 435 g/mol. The molecule has 1 aliphatic rings. The van der Waals surface area contributed by atoms with Crippen LogP contribution in [-0.2, 0) is 0 Å². The quantitative estimate of drug-likeness (QED) is 0.413. The number of hydrogen-bond donors (Lipinski definition) is 3. The SMILES string of the molecule is CNc1cc(Nc2nccc([C@H]3CCCN(C(=O)c4[nH]c5ccc(F)cc5c4C)C3)n2)ncn1. The maximum atomic E-state index is 13.7. The number of carbonyl (C=O) groups excluding carboxylic acids is 1. The van der Waals surface area contributed by atoms with Gasteiger partial charge in [-0.1, -0.05) is 0 Å². The highest BCUT2D eigenvalue weighted by Crippen LogP contribution is 2.29. The number of fused-ring (bicyclic) bond motifs is 1. The number of aromatic nitrogens is 5. The Morgan fingerprint density at radius 1 is 1.18 bits per heavy atom. The second-order valence-electron chi connectivity index (χ2n) is 8.37. The van der Waals surface area contributed by atoms with E-state index in [9.17, 15) is 9.18 Å². The van der Waals surface area contributed by atoms with Crippen LogP contribution in [0.3, 0.4) is 0 Å². The molecule has 1 saturated heterocycles. The Hall–Kier alpha value is -4.08. The molecule has 4 aromatic rings. The number of amides is 1. The molecule has 174 valence electrons. The number of nitrogens with zero attached hydrogens (tertiary/aromatic N) is 5. The predicted molar refractivity (Wildman–Crippen MR) is 128 cm³/mol. The number of hydrogen-bond acceptors (Lipinski definition) is 7. The minimum absolute atomic E-state index is 0.0770. The molecule has 0 radical (unpaired) electrons. The van der Waals surface area contributed by atoms with Crippen molar-refractivity contribution in [2.75, 3.05) is 30.8 Å². The van der Waals surface area contributed by atoms with E-state index in [1.54, 1.807) is 25.4 Å². The molecule has 4 heterocycles. The van der Waals surface area contributed by atoms with Gasteiger partial charge >= 0.3 is 0 Å². The second-order valence-corrected chi connectivity index (χ2v) is 8.37. The topological polar surface area (TPSA) is 112 Å². The van der Waals surface area contributed by atoms with Crippen LogP contribution in [0.1, 0.15) is 40.5 Å². The fraction of sp³-hybridized carbons (Fsp3) is 0.292. The zero-order valence-electron chi connectivity index (χ0n) is 19.0. The molecule has 1 atom stereocenters. The Bertz CT molecular complexity index is 1350. The van der Waals surface area contributed by atoms with Gasteiger partial charge in [-0.05, 0) is 49.6 Å². The van der Waals surface area contributed by atoms with Gasteiger partial charge in [-0.15, -0.1) is 0 Å². The number of aryl methyl sites for hydroxylation is 1. The number of rotatable bonds is 5. The summed E-state index contributed by atoms with van der Waals surface area (Å²) in [6, 6.07) is 8.18. The summed E-state index contributed by atoms with van der Waals surface area (Å²) in [5, 5.41) is 6.82. The van der Waals surface area contributed by atoms with Crippen molar-refractivity contribution in [3.8, 4) is 0 Å². The molecule has 3 aromatic heterocycles. The standard InChI is InChI=1S/C24H25FN8O/c1-14-17-10-16(25)5-6-19(17)30-22(14)23(34)33-9-3-4-15(12-33)18-7-8-27-24(31-18)32-21-11-20(26-2)28-13-29-21/h5-8,10-11,13,15,30H,3-4,9,12H2,1-2H3,(H2,26,27,28,29,31,32)/t15-/m0/s1. The minimum Gasteiger partial charge on any atom is -0.373 e. The number of halogens is 1. The normalized spacial score (nSPS) is 16.0. The molecule has 1 fully saturated rings. The van der Waals surface area contributed by atoms with Crippen LogP contribution in [0.4, 0.5) is 22.0 Å². The van der Waals surface area contributed by atoms with Crippen molar-refractivity contribution in [2.45, 2.75) is 25.7 Å². The molecule has 9 nitrogen and oxygen atoms in total. The highest BCUT2D eigenvalue weighted by atomic mass is 19.1. The Morgan fingerprint density at radius 2 is 2.03 bits per heavy atom. The monoisotopic (exact) mass is 460 g/mol. The Kier molecular flexibility index (Phi) is 5.79. The molecule has 0 bridgehead atoms. The smallest absolute Gasteiger partial charge is 0.270 e. The van der Waals surface area contributed by atoms with E-state index < -0.39 is 0 Å². The summed E-state index contributed by atoms with van der Waals surface area (Å²) < 4.78 is 13.7. The minimum atomic E-state index is -0.316. The van der Waals surface area contributed by atoms with Gasteiger partial charge in [-0.25, -0.2) is 24.3 Å². The van der Waals surface area contributed by atoms with Crippen molar-refractivity contribution in [1.29, 1.82) is 0 Å². The van der Waals surface area contributed by atoms with Gasteiger partial charge in [0.25, 0.3) is 5.91 Å². The molecule has 1 aliphatic heterocycles. The first kappa shape index (κ1) is 21.7. The number of piperidine rings is 1. The van der Waals surface area contributed by atoms with Crippen LogP contribution in [0, 0.1) is 12.7 Å². The van der Waals surface area contributed by atoms with E-state index in [2.05, 4.69) is 35.6 Å². The molecule has 3 N–H and O–H groups in total. The number of benzene rings is 1. The lowest BCUT2D eigenvalue weighted by atomic mass is 9.94. The molecule has 0 saturated carbocycles. The van der Waals surface area contributed by atoms with Crippen molar-refractivity contribution in [3.63, 3.8) is 0 Å². The van der Waals surface area contributed by atoms with E-state index in [0.717, 1.165) is 35.0 Å². The van der Waals surface area contributed by atoms with Crippen LogP contribution in [-0.4, -0.2) is 55.9 Å². The first-order chi connectivity index (χ1) is 16.5. The fourth-order valence-corrected chi connectivity index (χ4v) is 4.41. The molecule has 5 rings (SSSR count). The third-order valence-corrected chi connectivity index (χ3v) is 6.20. The van der Waals surface area contributed by atoms with Crippen molar-refractivity contribution >= 4 is 34.4 Å². The number of carbonyl (C=O) groups is 1. The lowest BCUT2D eigenvalue weighted by Crippen LogP contribution is -2.39. The Balaban J connectivity index is 1.34. The molecule has 1 aromatic carbocycles. The van der Waals surface area contributed by atoms with E-state index >= 15 is 0 Å². The average molecular weight is 461 g/mol. The van der Waals surface area contributed by atoms with Gasteiger partial charge in [0, 0.05) is 49.2 Å². The molecular formula is C24H25FN8O. The zero-order valence-corrected chi connectivity index (χ0v) is 19.0. The van der Waals surface area contributed by atoms with Gasteiger partial charge in [0.2, 0.25) is 5.95 Å². The zero-order chi connectivity index (χ0) is 23.7. The highest BCUT2D eigenvalue weighted by molar-refractivity contribution is 6.01. The lowest BCUT2D eigenvalue weighted by molar-refractivity contribution is 0.0700. The third kappa shape index (κ3) is 4.26.